The topological polar surface area (TPSA) is 58.4 Å². The van der Waals surface area contributed by atoms with Gasteiger partial charge in [-0.05, 0) is 25.8 Å². The molecule has 1 aliphatic carbocycles. The van der Waals surface area contributed by atoms with Crippen molar-refractivity contribution in [1.82, 2.24) is 14.7 Å². The summed E-state index contributed by atoms with van der Waals surface area (Å²) in [5.41, 5.74) is 2.10. The van der Waals surface area contributed by atoms with Gasteiger partial charge in [-0.3, -0.25) is 14.4 Å². The Bertz CT molecular complexity index is 631. The lowest BCUT2D eigenvalue weighted by atomic mass is 10.2. The first-order valence-electron chi connectivity index (χ1n) is 7.09. The van der Waals surface area contributed by atoms with Gasteiger partial charge < -0.3 is 5.11 Å². The largest absolute Gasteiger partial charge is 0.480 e. The van der Waals surface area contributed by atoms with Crippen molar-refractivity contribution in [2.45, 2.75) is 38.9 Å². The van der Waals surface area contributed by atoms with Crippen LogP contribution in [-0.4, -0.2) is 38.3 Å². The molecule has 2 aromatic rings. The summed E-state index contributed by atoms with van der Waals surface area (Å²) in [5, 5.41) is 14.8. The van der Waals surface area contributed by atoms with E-state index in [1.165, 1.54) is 0 Å². The molecule has 0 unspecified atom stereocenters. The van der Waals surface area contributed by atoms with Crippen molar-refractivity contribution in [2.75, 3.05) is 6.54 Å². The molecule has 0 spiro atoms. The van der Waals surface area contributed by atoms with Crippen LogP contribution in [0.1, 0.15) is 25.5 Å². The van der Waals surface area contributed by atoms with E-state index in [9.17, 15) is 4.79 Å². The standard InChI is InChI=1S/C15H19N3O2/c1-2-18-14-6-4-3-5-12(14)13(16-18)9-17(10-15(19)20)11-7-8-11/h3-6,11H,2,7-10H2,1H3,(H,19,20). The number of para-hydroxylation sites is 1. The maximum Gasteiger partial charge on any atom is 0.317 e. The van der Waals surface area contributed by atoms with Crippen molar-refractivity contribution in [1.29, 1.82) is 0 Å². The molecule has 1 aromatic heterocycles. The van der Waals surface area contributed by atoms with E-state index < -0.39 is 5.97 Å². The fraction of sp³-hybridized carbons (Fsp3) is 0.467. The lowest BCUT2D eigenvalue weighted by molar-refractivity contribution is -0.138. The summed E-state index contributed by atoms with van der Waals surface area (Å²) in [5.74, 6) is -0.767. The third-order valence-electron chi connectivity index (χ3n) is 3.79. The fourth-order valence-corrected chi connectivity index (χ4v) is 2.67. The van der Waals surface area contributed by atoms with E-state index in [0.717, 1.165) is 36.0 Å². The number of nitrogens with zero attached hydrogens (tertiary/aromatic N) is 3. The van der Waals surface area contributed by atoms with Crippen LogP contribution in [0.3, 0.4) is 0 Å². The molecule has 1 aromatic carbocycles. The highest BCUT2D eigenvalue weighted by Gasteiger charge is 2.31. The lowest BCUT2D eigenvalue weighted by Gasteiger charge is -2.18. The Labute approximate surface area is 117 Å². The fourth-order valence-electron chi connectivity index (χ4n) is 2.67. The predicted octanol–water partition coefficient (Wildman–Crippen LogP) is 2.11. The number of hydrogen-bond acceptors (Lipinski definition) is 3. The maximum absolute atomic E-state index is 11.0. The second-order valence-electron chi connectivity index (χ2n) is 5.31. The molecular formula is C15H19N3O2. The Balaban J connectivity index is 1.91. The molecule has 1 heterocycles. The lowest BCUT2D eigenvalue weighted by Crippen LogP contribution is -2.31. The first-order valence-corrected chi connectivity index (χ1v) is 7.09. The second-order valence-corrected chi connectivity index (χ2v) is 5.31. The van der Waals surface area contributed by atoms with Crippen molar-refractivity contribution < 1.29 is 9.90 Å². The number of carboxylic acids is 1. The van der Waals surface area contributed by atoms with Gasteiger partial charge in [-0.15, -0.1) is 0 Å². The minimum absolute atomic E-state index is 0.0952. The van der Waals surface area contributed by atoms with Crippen LogP contribution in [-0.2, 0) is 17.9 Å². The summed E-state index contributed by atoms with van der Waals surface area (Å²) < 4.78 is 1.98. The van der Waals surface area contributed by atoms with Gasteiger partial charge in [0.1, 0.15) is 0 Å². The average molecular weight is 273 g/mol. The van der Waals surface area contributed by atoms with Gasteiger partial charge >= 0.3 is 5.97 Å². The molecule has 0 bridgehead atoms. The molecule has 5 nitrogen and oxygen atoms in total. The summed E-state index contributed by atoms with van der Waals surface area (Å²) in [7, 11) is 0. The van der Waals surface area contributed by atoms with Crippen molar-refractivity contribution in [2.24, 2.45) is 0 Å². The zero-order valence-corrected chi connectivity index (χ0v) is 11.6. The summed E-state index contributed by atoms with van der Waals surface area (Å²) in [6.07, 6.45) is 2.19. The Kier molecular flexibility index (Phi) is 3.44. The van der Waals surface area contributed by atoms with Crippen LogP contribution in [0.15, 0.2) is 24.3 Å². The van der Waals surface area contributed by atoms with Crippen LogP contribution in [0.5, 0.6) is 0 Å². The number of benzene rings is 1. The number of aromatic nitrogens is 2. The molecule has 0 amide bonds. The molecule has 20 heavy (non-hydrogen) atoms. The van der Waals surface area contributed by atoms with E-state index in [0.29, 0.717) is 12.6 Å². The zero-order valence-electron chi connectivity index (χ0n) is 11.6. The number of aliphatic carboxylic acids is 1. The van der Waals surface area contributed by atoms with Gasteiger partial charge in [0, 0.05) is 24.5 Å². The monoisotopic (exact) mass is 273 g/mol. The van der Waals surface area contributed by atoms with Crippen LogP contribution < -0.4 is 0 Å². The molecule has 106 valence electrons. The van der Waals surface area contributed by atoms with Crippen LogP contribution in [0.4, 0.5) is 0 Å². The number of hydrogen-bond donors (Lipinski definition) is 1. The predicted molar refractivity (Wildman–Crippen MR) is 76.5 cm³/mol. The van der Waals surface area contributed by atoms with E-state index >= 15 is 0 Å². The number of fused-ring (bicyclic) bond motifs is 1. The van der Waals surface area contributed by atoms with E-state index in [4.69, 9.17) is 5.11 Å². The van der Waals surface area contributed by atoms with Gasteiger partial charge in [0.2, 0.25) is 0 Å². The Morgan fingerprint density at radius 1 is 1.45 bits per heavy atom. The molecule has 0 aliphatic heterocycles. The van der Waals surface area contributed by atoms with Gasteiger partial charge in [0.05, 0.1) is 17.8 Å². The minimum Gasteiger partial charge on any atom is -0.480 e. The van der Waals surface area contributed by atoms with Gasteiger partial charge in [-0.25, -0.2) is 0 Å². The second kappa shape index (κ2) is 5.25. The van der Waals surface area contributed by atoms with E-state index in [-0.39, 0.29) is 6.54 Å². The minimum atomic E-state index is -0.767. The molecule has 1 N–H and O–H groups in total. The van der Waals surface area contributed by atoms with Crippen LogP contribution in [0.25, 0.3) is 10.9 Å². The molecule has 0 saturated heterocycles. The highest BCUT2D eigenvalue weighted by Crippen LogP contribution is 2.29. The smallest absolute Gasteiger partial charge is 0.317 e. The van der Waals surface area contributed by atoms with Crippen LogP contribution >= 0.6 is 0 Å². The summed E-state index contributed by atoms with van der Waals surface area (Å²) in [6.45, 7) is 3.60. The van der Waals surface area contributed by atoms with Crippen molar-refractivity contribution in [3.8, 4) is 0 Å². The van der Waals surface area contributed by atoms with Crippen molar-refractivity contribution in [3.63, 3.8) is 0 Å². The van der Waals surface area contributed by atoms with Gasteiger partial charge in [0.25, 0.3) is 0 Å². The van der Waals surface area contributed by atoms with Gasteiger partial charge in [0.15, 0.2) is 0 Å². The molecule has 1 saturated carbocycles. The molecule has 0 atom stereocenters. The van der Waals surface area contributed by atoms with Crippen molar-refractivity contribution in [3.05, 3.63) is 30.0 Å². The van der Waals surface area contributed by atoms with Crippen LogP contribution in [0, 0.1) is 0 Å². The van der Waals surface area contributed by atoms with E-state index in [1.807, 2.05) is 21.7 Å². The Morgan fingerprint density at radius 2 is 2.20 bits per heavy atom. The normalized spacial score (nSPS) is 15.1. The van der Waals surface area contributed by atoms with E-state index in [1.54, 1.807) is 0 Å². The highest BCUT2D eigenvalue weighted by atomic mass is 16.4. The quantitative estimate of drug-likeness (QED) is 0.875. The number of rotatable bonds is 6. The summed E-state index contributed by atoms with van der Waals surface area (Å²) in [6, 6.07) is 8.56. The molecule has 5 heteroatoms. The van der Waals surface area contributed by atoms with Gasteiger partial charge in [-0.2, -0.15) is 5.10 Å². The third-order valence-corrected chi connectivity index (χ3v) is 3.79. The SMILES string of the molecule is CCn1nc(CN(CC(=O)O)C2CC2)c2ccccc21. The highest BCUT2D eigenvalue weighted by molar-refractivity contribution is 5.82. The summed E-state index contributed by atoms with van der Waals surface area (Å²) >= 11 is 0. The molecule has 1 aliphatic rings. The molecule has 0 radical (unpaired) electrons. The number of aryl methyl sites for hydroxylation is 1. The molecule has 3 rings (SSSR count). The molecular weight excluding hydrogens is 254 g/mol. The maximum atomic E-state index is 11.0. The molecule has 1 fully saturated rings. The summed E-state index contributed by atoms with van der Waals surface area (Å²) in [4.78, 5) is 13.0. The van der Waals surface area contributed by atoms with Crippen LogP contribution in [0.2, 0.25) is 0 Å². The average Bonchev–Trinajstić information content (AvgIpc) is 3.22. The Morgan fingerprint density at radius 3 is 2.85 bits per heavy atom. The Hall–Kier alpha value is -1.88. The zero-order chi connectivity index (χ0) is 14.1. The number of carboxylic acid groups (broad SMARTS) is 1. The first-order chi connectivity index (χ1) is 9.69. The van der Waals surface area contributed by atoms with Gasteiger partial charge in [-0.1, -0.05) is 18.2 Å². The third kappa shape index (κ3) is 2.54. The van der Waals surface area contributed by atoms with E-state index in [2.05, 4.69) is 24.2 Å². The first kappa shape index (κ1) is 13.1. The van der Waals surface area contributed by atoms with Crippen molar-refractivity contribution >= 4 is 16.9 Å². The number of carbonyl (C=O) groups is 1.